The van der Waals surface area contributed by atoms with E-state index in [4.69, 9.17) is 33.7 Å². The molecule has 77 heavy (non-hydrogen) atoms. The van der Waals surface area contributed by atoms with Crippen molar-refractivity contribution in [3.8, 4) is 22.3 Å². The van der Waals surface area contributed by atoms with Crippen molar-refractivity contribution in [3.63, 3.8) is 0 Å². The first-order valence-electron chi connectivity index (χ1n) is 23.8. The van der Waals surface area contributed by atoms with Crippen molar-refractivity contribution in [1.82, 2.24) is 30.1 Å². The number of carbonyl (C=O) groups is 3. The highest BCUT2D eigenvalue weighted by Crippen LogP contribution is 2.32. The van der Waals surface area contributed by atoms with Crippen molar-refractivity contribution in [2.75, 3.05) is 32.8 Å². The monoisotopic (exact) mass is 1110 g/mol. The number of primary amides is 1. The summed E-state index contributed by atoms with van der Waals surface area (Å²) in [5.74, 6) is -1.17. The second-order valence-corrected chi connectivity index (χ2v) is 22.9. The predicted molar refractivity (Wildman–Crippen MR) is 304 cm³/mol. The zero-order valence-corrected chi connectivity index (χ0v) is 45.2. The van der Waals surface area contributed by atoms with E-state index in [0.29, 0.717) is 38.9 Å². The summed E-state index contributed by atoms with van der Waals surface area (Å²) in [7, 11) is -5.57. The van der Waals surface area contributed by atoms with Crippen molar-refractivity contribution in [2.45, 2.75) is 24.3 Å². The van der Waals surface area contributed by atoms with Crippen molar-refractivity contribution >= 4 is 98.7 Å². The van der Waals surface area contributed by atoms with E-state index in [0.717, 1.165) is 90.1 Å². The van der Waals surface area contributed by atoms with Crippen molar-refractivity contribution in [1.29, 1.82) is 0 Å². The molecule has 0 saturated carbocycles. The maximum atomic E-state index is 13.0. The summed E-state index contributed by atoms with van der Waals surface area (Å²) in [5, 5.41) is 9.78. The molecule has 3 aromatic heterocycles. The summed E-state index contributed by atoms with van der Waals surface area (Å²) in [5.41, 5.74) is 15.7. The number of hydrogen-bond acceptors (Lipinski definition) is 11. The second kappa shape index (κ2) is 24.0. The quantitative estimate of drug-likeness (QED) is 0.103. The third-order valence-electron chi connectivity index (χ3n) is 12.6. The van der Waals surface area contributed by atoms with Crippen molar-refractivity contribution in [3.05, 3.63) is 209 Å². The van der Waals surface area contributed by atoms with Gasteiger partial charge in [0.2, 0.25) is 15.9 Å². The highest BCUT2D eigenvalue weighted by atomic mass is 35.5. The Balaban J connectivity index is 0.000000158. The predicted octanol–water partition coefficient (Wildman–Crippen LogP) is 10.7. The summed E-state index contributed by atoms with van der Waals surface area (Å²) >= 11 is 12.0. The van der Waals surface area contributed by atoms with Gasteiger partial charge in [-0.25, -0.2) is 16.8 Å². The molecular weight excluding hydrogens is 1060 g/mol. The standard InChI is InChI=1S/C25H21ClN2O3S.C18H16ClN3O3S.C15H14N2O2/c1-16(18-4-3-5-22(12-18)32(2,30)31)28-25(29)19-6-7-20-14-27-15-24(23(20)13-19)17-8-10-21(26)11-9-17;1-22(26(2,24)25)21-18(23)13-3-4-14-10-20-11-17(16(14)9-13)12-5-7-15(19)8-6-12;16-15(18)11-1-2-12-8-17-9-14(13(12)7-11)10-3-5-19-6-4-10/h3-16H,1-2H3,(H,28,29);3-11H,1-2H3,(H,21,23);1-3,7-9H,4-6H2,(H2,16,18). The number of sulfone groups is 1. The Labute approximate surface area is 455 Å². The number of hydrogen-bond donors (Lipinski definition) is 3. The van der Waals surface area contributed by atoms with E-state index in [2.05, 4.69) is 31.8 Å². The first-order valence-corrected chi connectivity index (χ1v) is 28.3. The van der Waals surface area contributed by atoms with E-state index in [1.807, 2.05) is 73.8 Å². The molecule has 0 radical (unpaired) electrons. The molecule has 1 unspecified atom stereocenters. The lowest BCUT2D eigenvalue weighted by Gasteiger charge is -2.16. The van der Waals surface area contributed by atoms with Gasteiger partial charge in [0.05, 0.1) is 30.4 Å². The minimum absolute atomic E-state index is 0.224. The number of nitrogens with two attached hydrogens (primary N) is 1. The fourth-order valence-electron chi connectivity index (χ4n) is 8.34. The molecule has 19 heteroatoms. The van der Waals surface area contributed by atoms with Gasteiger partial charge in [-0.05, 0) is 125 Å². The van der Waals surface area contributed by atoms with Crippen LogP contribution in [0.1, 0.15) is 61.6 Å². The van der Waals surface area contributed by atoms with Gasteiger partial charge in [0, 0.05) is 110 Å². The maximum Gasteiger partial charge on any atom is 0.266 e. The van der Waals surface area contributed by atoms with Crippen LogP contribution in [0.4, 0.5) is 0 Å². The van der Waals surface area contributed by atoms with Crippen LogP contribution < -0.4 is 16.5 Å². The third-order valence-corrected chi connectivity index (χ3v) is 15.3. The smallest absolute Gasteiger partial charge is 0.266 e. The van der Waals surface area contributed by atoms with Crippen LogP contribution in [0.5, 0.6) is 0 Å². The van der Waals surface area contributed by atoms with Gasteiger partial charge in [0.15, 0.2) is 9.84 Å². The maximum absolute atomic E-state index is 13.0. The topological polar surface area (TPSA) is 221 Å². The number of sulfonamides is 1. The molecule has 3 amide bonds. The Bertz CT molecular complexity index is 3970. The number of carbonyl (C=O) groups excluding carboxylic acids is 3. The van der Waals surface area contributed by atoms with Crippen LogP contribution >= 0.6 is 23.2 Å². The summed E-state index contributed by atoms with van der Waals surface area (Å²) in [6.45, 7) is 3.17. The normalized spacial score (nSPS) is 12.9. The van der Waals surface area contributed by atoms with Gasteiger partial charge >= 0.3 is 0 Å². The molecule has 4 N–H and O–H groups in total. The number of nitrogens with zero attached hydrogens (tertiary/aromatic N) is 4. The lowest BCUT2D eigenvalue weighted by Crippen LogP contribution is -2.42. The summed E-state index contributed by atoms with van der Waals surface area (Å²) < 4.78 is 52.7. The average Bonchev–Trinajstić information content (AvgIpc) is 3.42. The molecule has 0 fully saturated rings. The number of pyridine rings is 3. The van der Waals surface area contributed by atoms with Gasteiger partial charge in [-0.15, -0.1) is 4.41 Å². The Morgan fingerprint density at radius 1 is 0.623 bits per heavy atom. The number of benzene rings is 6. The van der Waals surface area contributed by atoms with Gasteiger partial charge in [-0.1, -0.05) is 83.9 Å². The van der Waals surface area contributed by atoms with Crippen LogP contribution in [-0.4, -0.2) is 86.7 Å². The number of rotatable bonds is 11. The zero-order chi connectivity index (χ0) is 55.0. The largest absolute Gasteiger partial charge is 0.377 e. The molecule has 0 spiro atoms. The van der Waals surface area contributed by atoms with Crippen LogP contribution in [0.3, 0.4) is 0 Å². The average molecular weight is 1110 g/mol. The number of amides is 3. The molecular formula is C58H51Cl2N7O8S2. The van der Waals surface area contributed by atoms with E-state index in [9.17, 15) is 31.2 Å². The first kappa shape index (κ1) is 55.3. The summed E-state index contributed by atoms with van der Waals surface area (Å²) in [6.07, 6.45) is 15.7. The number of aromatic nitrogens is 3. The van der Waals surface area contributed by atoms with Gasteiger partial charge in [0.1, 0.15) is 0 Å². The van der Waals surface area contributed by atoms with Crippen molar-refractivity contribution < 1.29 is 36.0 Å². The SMILES string of the molecule is CC(NC(=O)c1ccc2cncc(-c3ccc(Cl)cc3)c2c1)c1cccc(S(C)(=O)=O)c1.CN(NC(=O)c1ccc2cncc(-c3ccc(Cl)cc3)c2c1)S(C)(=O)=O.NC(=O)c1ccc2cncc(C3=CCOCC3)c2c1. The second-order valence-electron chi connectivity index (χ2n) is 18.0. The minimum atomic E-state index is -3.52. The molecule has 0 saturated heterocycles. The van der Waals surface area contributed by atoms with Crippen molar-refractivity contribution in [2.24, 2.45) is 5.73 Å². The van der Waals surface area contributed by atoms with E-state index in [1.165, 1.54) is 12.6 Å². The molecule has 0 bridgehead atoms. The van der Waals surface area contributed by atoms with Gasteiger partial charge in [-0.3, -0.25) is 34.8 Å². The lowest BCUT2D eigenvalue weighted by molar-refractivity contribution is 0.0892. The molecule has 1 aliphatic heterocycles. The van der Waals surface area contributed by atoms with E-state index in [1.54, 1.807) is 97.7 Å². The first-order chi connectivity index (χ1) is 36.7. The van der Waals surface area contributed by atoms with Crippen LogP contribution in [-0.2, 0) is 24.6 Å². The van der Waals surface area contributed by atoms with Gasteiger partial charge < -0.3 is 15.8 Å². The molecule has 9 aromatic rings. The Morgan fingerprint density at radius 3 is 1.58 bits per heavy atom. The number of nitrogens with one attached hydrogen (secondary N) is 2. The fourth-order valence-corrected chi connectivity index (χ4v) is 9.52. The summed E-state index contributed by atoms with van der Waals surface area (Å²) in [6, 6.07) is 37.1. The number of ether oxygens (including phenoxy) is 1. The molecule has 1 aliphatic rings. The molecule has 4 heterocycles. The van der Waals surface area contributed by atoms with E-state index >= 15 is 0 Å². The molecule has 1 atom stereocenters. The van der Waals surface area contributed by atoms with Crippen LogP contribution in [0.25, 0.3) is 60.1 Å². The molecule has 6 aromatic carbocycles. The lowest BCUT2D eigenvalue weighted by atomic mass is 9.96. The zero-order valence-electron chi connectivity index (χ0n) is 42.1. The Kier molecular flexibility index (Phi) is 17.2. The molecule has 10 rings (SSSR count). The Hall–Kier alpha value is -7.90. The number of halogens is 2. The number of hydrazine groups is 1. The van der Waals surface area contributed by atoms with Crippen LogP contribution in [0.2, 0.25) is 10.0 Å². The highest BCUT2D eigenvalue weighted by Gasteiger charge is 2.19. The molecule has 0 aliphatic carbocycles. The Morgan fingerprint density at radius 2 is 1.10 bits per heavy atom. The van der Waals surface area contributed by atoms with E-state index < -0.39 is 31.7 Å². The van der Waals surface area contributed by atoms with Gasteiger partial charge in [-0.2, -0.15) is 0 Å². The highest BCUT2D eigenvalue weighted by molar-refractivity contribution is 7.90. The molecule has 392 valence electrons. The van der Waals surface area contributed by atoms with Crippen LogP contribution in [0, 0.1) is 0 Å². The summed E-state index contributed by atoms with van der Waals surface area (Å²) in [4.78, 5) is 49.7. The number of fused-ring (bicyclic) bond motifs is 3. The van der Waals surface area contributed by atoms with E-state index in [-0.39, 0.29) is 16.8 Å². The van der Waals surface area contributed by atoms with Gasteiger partial charge in [0.25, 0.3) is 11.8 Å². The molecule has 15 nitrogen and oxygen atoms in total. The third kappa shape index (κ3) is 13.8. The fraction of sp³-hybridized carbons (Fsp3) is 0.138. The minimum Gasteiger partial charge on any atom is -0.377 e. The van der Waals surface area contributed by atoms with Crippen LogP contribution in [0.15, 0.2) is 176 Å².